The maximum Gasteiger partial charge on any atom is 0.164 e. The minimum Gasteiger partial charge on any atom is -0.491 e. The number of likely N-dealkylation sites (N-methyl/N-ethyl adjacent to an activating group) is 1. The lowest BCUT2D eigenvalue weighted by molar-refractivity contribution is 0.108. The van der Waals surface area contributed by atoms with E-state index in [2.05, 4.69) is 33.5 Å². The molecule has 3 atom stereocenters. The van der Waals surface area contributed by atoms with Gasteiger partial charge in [-0.1, -0.05) is 18.2 Å². The Labute approximate surface area is 218 Å². The molecule has 3 aromatic rings. The van der Waals surface area contributed by atoms with E-state index in [1.165, 1.54) is 5.56 Å². The monoisotopic (exact) mass is 504 g/mol. The number of rotatable bonds is 10. The summed E-state index contributed by atoms with van der Waals surface area (Å²) in [4.78, 5) is 16.7. The number of anilines is 2. The molecule has 3 N–H and O–H groups in total. The highest BCUT2D eigenvalue weighted by molar-refractivity contribution is 5.67. The minimum absolute atomic E-state index is 0.211. The van der Waals surface area contributed by atoms with E-state index in [0.29, 0.717) is 30.6 Å². The van der Waals surface area contributed by atoms with Crippen LogP contribution >= 0.6 is 0 Å². The zero-order chi connectivity index (χ0) is 25.6. The standard InChI is InChI=1S/C28H36N6O3/c1-19-26(31-23-9-12-36-17-23)32-27(20-5-3-7-25(13-20)37-18-24(35)15-29-2)33-28(19)34-11-8-22(16-34)21-6-4-10-30-14-21/h3-7,10,13-14,22-24,29,35H,8-9,11-12,15-18H2,1-2H3,(H,31,32,33). The van der Waals surface area contributed by atoms with Gasteiger partial charge in [0.05, 0.1) is 12.6 Å². The Hall–Kier alpha value is -3.27. The third-order valence-corrected chi connectivity index (χ3v) is 7.01. The fraction of sp³-hybridized carbons (Fsp3) is 0.464. The van der Waals surface area contributed by atoms with Crippen LogP contribution in [0.3, 0.4) is 0 Å². The smallest absolute Gasteiger partial charge is 0.164 e. The Morgan fingerprint density at radius 2 is 2.14 bits per heavy atom. The summed E-state index contributed by atoms with van der Waals surface area (Å²) in [5.74, 6) is 3.54. The summed E-state index contributed by atoms with van der Waals surface area (Å²) < 4.78 is 11.4. The second kappa shape index (κ2) is 11.9. The molecule has 0 saturated carbocycles. The summed E-state index contributed by atoms with van der Waals surface area (Å²) in [6.45, 7) is 6.04. The minimum atomic E-state index is -0.580. The third-order valence-electron chi connectivity index (χ3n) is 7.01. The number of ether oxygens (including phenoxy) is 2. The molecule has 2 saturated heterocycles. The van der Waals surface area contributed by atoms with Crippen LogP contribution in [0.25, 0.3) is 11.4 Å². The van der Waals surface area contributed by atoms with Gasteiger partial charge in [0.2, 0.25) is 0 Å². The molecule has 9 heteroatoms. The fourth-order valence-electron chi connectivity index (χ4n) is 4.98. The number of aliphatic hydroxyl groups excluding tert-OH is 1. The molecule has 196 valence electrons. The summed E-state index contributed by atoms with van der Waals surface area (Å²) in [5.41, 5.74) is 3.18. The number of hydrogen-bond acceptors (Lipinski definition) is 9. The van der Waals surface area contributed by atoms with E-state index in [-0.39, 0.29) is 12.6 Å². The maximum absolute atomic E-state index is 10.0. The van der Waals surface area contributed by atoms with Crippen molar-refractivity contribution in [1.82, 2.24) is 20.3 Å². The lowest BCUT2D eigenvalue weighted by Gasteiger charge is -2.23. The highest BCUT2D eigenvalue weighted by Gasteiger charge is 2.28. The molecule has 0 amide bonds. The second-order valence-corrected chi connectivity index (χ2v) is 9.82. The lowest BCUT2D eigenvalue weighted by atomic mass is 10.0. The molecule has 2 fully saturated rings. The molecule has 4 heterocycles. The van der Waals surface area contributed by atoms with Crippen molar-refractivity contribution in [2.45, 2.75) is 37.8 Å². The second-order valence-electron chi connectivity index (χ2n) is 9.82. The van der Waals surface area contributed by atoms with Crippen molar-refractivity contribution in [3.8, 4) is 17.1 Å². The Bertz CT molecular complexity index is 1170. The number of aromatic nitrogens is 3. The van der Waals surface area contributed by atoms with Gasteiger partial charge in [-0.2, -0.15) is 0 Å². The Kier molecular flexibility index (Phi) is 8.13. The predicted octanol–water partition coefficient (Wildman–Crippen LogP) is 3.00. The topological polar surface area (TPSA) is 105 Å². The lowest BCUT2D eigenvalue weighted by Crippen LogP contribution is -2.29. The van der Waals surface area contributed by atoms with Gasteiger partial charge in [-0.05, 0) is 50.6 Å². The Morgan fingerprint density at radius 3 is 2.92 bits per heavy atom. The number of pyridine rings is 1. The molecule has 0 bridgehead atoms. The van der Waals surface area contributed by atoms with E-state index >= 15 is 0 Å². The van der Waals surface area contributed by atoms with Crippen molar-refractivity contribution < 1.29 is 14.6 Å². The molecule has 5 rings (SSSR count). The van der Waals surface area contributed by atoms with Crippen molar-refractivity contribution in [3.05, 3.63) is 59.9 Å². The van der Waals surface area contributed by atoms with Crippen LogP contribution in [-0.4, -0.2) is 78.7 Å². The molecule has 3 unspecified atom stereocenters. The van der Waals surface area contributed by atoms with Crippen molar-refractivity contribution in [2.75, 3.05) is 56.7 Å². The maximum atomic E-state index is 10.0. The van der Waals surface area contributed by atoms with Gasteiger partial charge in [0.25, 0.3) is 0 Å². The number of hydrogen-bond donors (Lipinski definition) is 3. The zero-order valence-electron chi connectivity index (χ0n) is 21.6. The van der Waals surface area contributed by atoms with Crippen molar-refractivity contribution in [3.63, 3.8) is 0 Å². The number of benzene rings is 1. The van der Waals surface area contributed by atoms with E-state index in [1.807, 2.05) is 42.7 Å². The largest absolute Gasteiger partial charge is 0.491 e. The molecule has 0 aliphatic carbocycles. The van der Waals surface area contributed by atoms with E-state index in [1.54, 1.807) is 7.05 Å². The first kappa shape index (κ1) is 25.4. The van der Waals surface area contributed by atoms with Crippen molar-refractivity contribution in [1.29, 1.82) is 0 Å². The fourth-order valence-corrected chi connectivity index (χ4v) is 4.98. The highest BCUT2D eigenvalue weighted by atomic mass is 16.5. The molecule has 0 spiro atoms. The van der Waals surface area contributed by atoms with Gasteiger partial charge < -0.3 is 30.1 Å². The Balaban J connectivity index is 1.43. The first-order chi connectivity index (χ1) is 18.1. The average molecular weight is 505 g/mol. The van der Waals surface area contributed by atoms with Crippen LogP contribution < -0.4 is 20.3 Å². The van der Waals surface area contributed by atoms with Gasteiger partial charge in [0.15, 0.2) is 5.82 Å². The van der Waals surface area contributed by atoms with Gasteiger partial charge in [-0.15, -0.1) is 0 Å². The van der Waals surface area contributed by atoms with Crippen molar-refractivity contribution in [2.24, 2.45) is 0 Å². The van der Waals surface area contributed by atoms with E-state index < -0.39 is 6.10 Å². The van der Waals surface area contributed by atoms with Gasteiger partial charge >= 0.3 is 0 Å². The van der Waals surface area contributed by atoms with Crippen LogP contribution in [0.5, 0.6) is 5.75 Å². The van der Waals surface area contributed by atoms with Gasteiger partial charge in [0, 0.05) is 55.7 Å². The van der Waals surface area contributed by atoms with Gasteiger partial charge in [-0.3, -0.25) is 4.98 Å². The predicted molar refractivity (Wildman–Crippen MR) is 144 cm³/mol. The molecule has 2 aliphatic heterocycles. The summed E-state index contributed by atoms with van der Waals surface area (Å²) in [7, 11) is 1.80. The molecule has 9 nitrogen and oxygen atoms in total. The van der Waals surface area contributed by atoms with Crippen LogP contribution in [0.15, 0.2) is 48.8 Å². The van der Waals surface area contributed by atoms with E-state index in [0.717, 1.165) is 55.3 Å². The van der Waals surface area contributed by atoms with E-state index in [4.69, 9.17) is 19.4 Å². The summed E-state index contributed by atoms with van der Waals surface area (Å²) in [5, 5.41) is 16.6. The molecule has 37 heavy (non-hydrogen) atoms. The molecule has 2 aromatic heterocycles. The summed E-state index contributed by atoms with van der Waals surface area (Å²) in [6, 6.07) is 12.2. The molecular formula is C28H36N6O3. The summed E-state index contributed by atoms with van der Waals surface area (Å²) >= 11 is 0. The van der Waals surface area contributed by atoms with Crippen LogP contribution in [0.1, 0.15) is 29.9 Å². The van der Waals surface area contributed by atoms with E-state index in [9.17, 15) is 5.11 Å². The number of nitrogens with zero attached hydrogens (tertiary/aromatic N) is 4. The first-order valence-electron chi connectivity index (χ1n) is 13.0. The zero-order valence-corrected chi connectivity index (χ0v) is 21.6. The normalized spacial score (nSPS) is 20.2. The molecule has 1 aromatic carbocycles. The number of aliphatic hydroxyl groups is 1. The Morgan fingerprint density at radius 1 is 1.22 bits per heavy atom. The molecule has 2 aliphatic rings. The molecule has 0 radical (unpaired) electrons. The van der Waals surface area contributed by atoms with Crippen molar-refractivity contribution >= 4 is 11.6 Å². The molecular weight excluding hydrogens is 468 g/mol. The summed E-state index contributed by atoms with van der Waals surface area (Å²) in [6.07, 6.45) is 5.23. The van der Waals surface area contributed by atoms with Crippen LogP contribution in [-0.2, 0) is 4.74 Å². The van der Waals surface area contributed by atoms with Gasteiger partial charge in [-0.25, -0.2) is 9.97 Å². The van der Waals surface area contributed by atoms with Crippen LogP contribution in [0.2, 0.25) is 0 Å². The average Bonchev–Trinajstić information content (AvgIpc) is 3.62. The SMILES string of the molecule is CNCC(O)COc1cccc(-c2nc(NC3CCOC3)c(C)c(N3CCC(c4cccnc4)C3)n2)c1. The third kappa shape index (κ3) is 6.18. The quantitative estimate of drug-likeness (QED) is 0.384. The first-order valence-corrected chi connectivity index (χ1v) is 13.0. The van der Waals surface area contributed by atoms with Crippen LogP contribution in [0.4, 0.5) is 11.6 Å². The number of nitrogens with one attached hydrogen (secondary N) is 2. The van der Waals surface area contributed by atoms with Gasteiger partial charge in [0.1, 0.15) is 30.1 Å². The van der Waals surface area contributed by atoms with Crippen LogP contribution in [0, 0.1) is 6.92 Å². The highest BCUT2D eigenvalue weighted by Crippen LogP contribution is 2.35.